The predicted octanol–water partition coefficient (Wildman–Crippen LogP) is 2.81. The number of hydrogen-bond acceptors (Lipinski definition) is 6. The number of aromatic nitrogens is 1. The number of Topliss-reactive ketones (excluding diaryl/α,β-unsaturated/α-hetero) is 1. The summed E-state index contributed by atoms with van der Waals surface area (Å²) in [5, 5.41) is 2.55. The summed E-state index contributed by atoms with van der Waals surface area (Å²) in [4.78, 5) is 50.8. The Labute approximate surface area is 162 Å². The first-order chi connectivity index (χ1) is 13.3. The molecule has 8 heteroatoms. The molecule has 0 atom stereocenters. The third-order valence-electron chi connectivity index (χ3n) is 4.04. The van der Waals surface area contributed by atoms with Crippen LogP contribution < -0.4 is 5.32 Å². The maximum Gasteiger partial charge on any atom is 0.355 e. The normalized spacial score (nSPS) is 10.3. The Morgan fingerprint density at radius 1 is 1.04 bits per heavy atom. The van der Waals surface area contributed by atoms with Crippen molar-refractivity contribution < 1.29 is 28.7 Å². The molecule has 0 fully saturated rings. The molecule has 0 aliphatic heterocycles. The lowest BCUT2D eigenvalue weighted by Crippen LogP contribution is -2.22. The van der Waals surface area contributed by atoms with E-state index in [1.165, 1.54) is 6.92 Å². The SMILES string of the molecule is CCOC(=O)c1[nH]c(C)c(C(=O)OCC(=O)Nc2ccccc2C(C)=O)c1C. The number of rotatable bonds is 7. The van der Waals surface area contributed by atoms with Gasteiger partial charge in [-0.3, -0.25) is 9.59 Å². The topological polar surface area (TPSA) is 115 Å². The summed E-state index contributed by atoms with van der Waals surface area (Å²) >= 11 is 0. The van der Waals surface area contributed by atoms with Crippen molar-refractivity contribution in [3.63, 3.8) is 0 Å². The maximum atomic E-state index is 12.4. The van der Waals surface area contributed by atoms with Crippen LogP contribution in [0.3, 0.4) is 0 Å². The molecule has 28 heavy (non-hydrogen) atoms. The number of ketones is 1. The Morgan fingerprint density at radius 2 is 1.71 bits per heavy atom. The molecule has 148 valence electrons. The van der Waals surface area contributed by atoms with Crippen LogP contribution in [0.5, 0.6) is 0 Å². The summed E-state index contributed by atoms with van der Waals surface area (Å²) in [5.74, 6) is -2.09. The van der Waals surface area contributed by atoms with Gasteiger partial charge in [0.1, 0.15) is 5.69 Å². The summed E-state index contributed by atoms with van der Waals surface area (Å²) in [6.07, 6.45) is 0. The third-order valence-corrected chi connectivity index (χ3v) is 4.04. The van der Waals surface area contributed by atoms with Crippen LogP contribution in [-0.4, -0.2) is 41.8 Å². The van der Waals surface area contributed by atoms with E-state index in [1.54, 1.807) is 45.0 Å². The van der Waals surface area contributed by atoms with Crippen molar-refractivity contribution in [1.29, 1.82) is 0 Å². The van der Waals surface area contributed by atoms with E-state index in [4.69, 9.17) is 9.47 Å². The Kier molecular flexibility index (Phi) is 6.70. The van der Waals surface area contributed by atoms with Gasteiger partial charge in [-0.25, -0.2) is 9.59 Å². The monoisotopic (exact) mass is 386 g/mol. The predicted molar refractivity (Wildman–Crippen MR) is 102 cm³/mol. The number of aryl methyl sites for hydroxylation is 1. The minimum Gasteiger partial charge on any atom is -0.461 e. The standard InChI is InChI=1S/C20H22N2O6/c1-5-27-20(26)18-11(2)17(12(3)21-18)19(25)28-10-16(24)22-15-9-7-6-8-14(15)13(4)23/h6-9,21H,5,10H2,1-4H3,(H,22,24). The van der Waals surface area contributed by atoms with Gasteiger partial charge in [-0.2, -0.15) is 0 Å². The zero-order valence-corrected chi connectivity index (χ0v) is 16.2. The maximum absolute atomic E-state index is 12.4. The van der Waals surface area contributed by atoms with E-state index in [9.17, 15) is 19.2 Å². The number of nitrogens with one attached hydrogen (secondary N) is 2. The van der Waals surface area contributed by atoms with Crippen molar-refractivity contribution in [1.82, 2.24) is 4.98 Å². The van der Waals surface area contributed by atoms with Crippen molar-refractivity contribution >= 4 is 29.3 Å². The fourth-order valence-electron chi connectivity index (χ4n) is 2.75. The lowest BCUT2D eigenvalue weighted by molar-refractivity contribution is -0.119. The Bertz CT molecular complexity index is 929. The molecule has 0 saturated carbocycles. The van der Waals surface area contributed by atoms with E-state index in [-0.39, 0.29) is 23.6 Å². The molecule has 2 aromatic rings. The number of aromatic amines is 1. The molecule has 8 nitrogen and oxygen atoms in total. The quantitative estimate of drug-likeness (QED) is 0.559. The fourth-order valence-corrected chi connectivity index (χ4v) is 2.75. The van der Waals surface area contributed by atoms with E-state index in [0.717, 1.165) is 0 Å². The first-order valence-corrected chi connectivity index (χ1v) is 8.69. The average Bonchev–Trinajstić information content (AvgIpc) is 2.94. The number of H-pyrrole nitrogens is 1. The Morgan fingerprint density at radius 3 is 2.36 bits per heavy atom. The van der Waals surface area contributed by atoms with Gasteiger partial charge >= 0.3 is 11.9 Å². The second kappa shape index (κ2) is 8.98. The van der Waals surface area contributed by atoms with Gasteiger partial charge in [-0.05, 0) is 45.4 Å². The summed E-state index contributed by atoms with van der Waals surface area (Å²) in [7, 11) is 0. The van der Waals surface area contributed by atoms with Gasteiger partial charge < -0.3 is 19.8 Å². The van der Waals surface area contributed by atoms with Crippen molar-refractivity contribution in [2.75, 3.05) is 18.5 Å². The summed E-state index contributed by atoms with van der Waals surface area (Å²) in [6.45, 7) is 5.96. The molecular formula is C20H22N2O6. The number of amides is 1. The Balaban J connectivity index is 2.06. The van der Waals surface area contributed by atoms with Gasteiger partial charge in [0.2, 0.25) is 0 Å². The number of para-hydroxylation sites is 1. The van der Waals surface area contributed by atoms with Crippen LogP contribution in [0.15, 0.2) is 24.3 Å². The summed E-state index contributed by atoms with van der Waals surface area (Å²) < 4.78 is 10.0. The zero-order valence-electron chi connectivity index (χ0n) is 16.2. The van der Waals surface area contributed by atoms with Crippen LogP contribution in [0, 0.1) is 13.8 Å². The summed E-state index contributed by atoms with van der Waals surface area (Å²) in [6, 6.07) is 6.54. The number of ether oxygens (including phenoxy) is 2. The number of carbonyl (C=O) groups excluding carboxylic acids is 4. The van der Waals surface area contributed by atoms with Gasteiger partial charge in [-0.15, -0.1) is 0 Å². The van der Waals surface area contributed by atoms with Crippen LogP contribution in [0.2, 0.25) is 0 Å². The average molecular weight is 386 g/mol. The van der Waals surface area contributed by atoms with E-state index < -0.39 is 24.5 Å². The van der Waals surface area contributed by atoms with Crippen LogP contribution in [0.4, 0.5) is 5.69 Å². The highest BCUT2D eigenvalue weighted by Crippen LogP contribution is 2.20. The lowest BCUT2D eigenvalue weighted by atomic mass is 10.1. The first kappa shape index (κ1) is 20.9. The van der Waals surface area contributed by atoms with E-state index in [2.05, 4.69) is 10.3 Å². The van der Waals surface area contributed by atoms with Gasteiger partial charge in [-0.1, -0.05) is 12.1 Å². The molecule has 1 aromatic carbocycles. The smallest absolute Gasteiger partial charge is 0.355 e. The largest absolute Gasteiger partial charge is 0.461 e. The van der Waals surface area contributed by atoms with E-state index in [0.29, 0.717) is 22.5 Å². The zero-order chi connectivity index (χ0) is 20.8. The molecule has 1 aromatic heterocycles. The molecule has 1 amide bonds. The highest BCUT2D eigenvalue weighted by Gasteiger charge is 2.24. The van der Waals surface area contributed by atoms with Crippen molar-refractivity contribution in [2.45, 2.75) is 27.7 Å². The molecule has 0 saturated heterocycles. The number of carbonyl (C=O) groups is 4. The van der Waals surface area contributed by atoms with Crippen molar-refractivity contribution in [2.24, 2.45) is 0 Å². The van der Waals surface area contributed by atoms with Gasteiger partial charge in [0.15, 0.2) is 12.4 Å². The molecule has 0 bridgehead atoms. The van der Waals surface area contributed by atoms with E-state index >= 15 is 0 Å². The van der Waals surface area contributed by atoms with Crippen LogP contribution in [0.25, 0.3) is 0 Å². The minimum absolute atomic E-state index is 0.172. The number of esters is 2. The fraction of sp³-hybridized carbons (Fsp3) is 0.300. The molecule has 0 unspecified atom stereocenters. The highest BCUT2D eigenvalue weighted by molar-refractivity contribution is 6.04. The molecule has 0 radical (unpaired) electrons. The van der Waals surface area contributed by atoms with Crippen LogP contribution >= 0.6 is 0 Å². The first-order valence-electron chi connectivity index (χ1n) is 8.69. The van der Waals surface area contributed by atoms with Gasteiger partial charge in [0.25, 0.3) is 5.91 Å². The lowest BCUT2D eigenvalue weighted by Gasteiger charge is -2.09. The molecule has 0 aliphatic carbocycles. The van der Waals surface area contributed by atoms with Crippen molar-refractivity contribution in [3.05, 3.63) is 52.3 Å². The number of hydrogen-bond donors (Lipinski definition) is 2. The molecule has 0 spiro atoms. The molecular weight excluding hydrogens is 364 g/mol. The highest BCUT2D eigenvalue weighted by atomic mass is 16.5. The van der Waals surface area contributed by atoms with Crippen LogP contribution in [0.1, 0.15) is 56.3 Å². The van der Waals surface area contributed by atoms with Crippen LogP contribution in [-0.2, 0) is 14.3 Å². The number of benzene rings is 1. The second-order valence-corrected chi connectivity index (χ2v) is 6.07. The van der Waals surface area contributed by atoms with Gasteiger partial charge in [0.05, 0.1) is 17.9 Å². The molecule has 2 N–H and O–H groups in total. The number of anilines is 1. The molecule has 0 aliphatic rings. The van der Waals surface area contributed by atoms with Crippen molar-refractivity contribution in [3.8, 4) is 0 Å². The third kappa shape index (κ3) is 4.64. The van der Waals surface area contributed by atoms with Gasteiger partial charge in [0, 0.05) is 11.3 Å². The molecule has 1 heterocycles. The minimum atomic E-state index is -0.739. The van der Waals surface area contributed by atoms with E-state index in [1.807, 2.05) is 0 Å². The Hall–Kier alpha value is -3.42. The second-order valence-electron chi connectivity index (χ2n) is 6.07. The summed E-state index contributed by atoms with van der Waals surface area (Å²) in [5.41, 5.74) is 1.88. The molecule has 2 rings (SSSR count).